The summed E-state index contributed by atoms with van der Waals surface area (Å²) in [6, 6.07) is 31.0. The number of fused-ring (bicyclic) bond motifs is 1. The van der Waals surface area contributed by atoms with Gasteiger partial charge >= 0.3 is 0 Å². The van der Waals surface area contributed by atoms with Gasteiger partial charge in [-0.1, -0.05) is 84.9 Å². The van der Waals surface area contributed by atoms with Gasteiger partial charge in [0.1, 0.15) is 12.4 Å². The Balaban J connectivity index is 1.46. The van der Waals surface area contributed by atoms with E-state index in [1.807, 2.05) is 78.9 Å². The smallest absolute Gasteiger partial charge is 0.275 e. The molecule has 0 saturated carbocycles. The number of nitrogens with one attached hydrogen (secondary N) is 1. The Morgan fingerprint density at radius 3 is 2.45 bits per heavy atom. The highest BCUT2D eigenvalue weighted by atomic mass is 16.5. The maximum Gasteiger partial charge on any atom is 0.275 e. The highest BCUT2D eigenvalue weighted by Crippen LogP contribution is 2.20. The van der Waals surface area contributed by atoms with Gasteiger partial charge in [0.25, 0.3) is 5.91 Å². The lowest BCUT2D eigenvalue weighted by Gasteiger charge is -2.10. The predicted octanol–water partition coefficient (Wildman–Crippen LogP) is 5.18. The number of rotatable bonds is 6. The molecule has 142 valence electrons. The Morgan fingerprint density at radius 1 is 0.828 bits per heavy atom. The van der Waals surface area contributed by atoms with Crippen molar-refractivity contribution in [2.24, 2.45) is 5.10 Å². The van der Waals surface area contributed by atoms with Crippen LogP contribution in [0.25, 0.3) is 10.8 Å². The van der Waals surface area contributed by atoms with E-state index in [2.05, 4.69) is 10.5 Å². The van der Waals surface area contributed by atoms with Crippen LogP contribution < -0.4 is 10.2 Å². The molecule has 29 heavy (non-hydrogen) atoms. The van der Waals surface area contributed by atoms with Crippen molar-refractivity contribution in [3.05, 3.63) is 114 Å². The molecule has 0 heterocycles. The molecule has 0 aliphatic rings. The summed E-state index contributed by atoms with van der Waals surface area (Å²) >= 11 is 0. The Kier molecular flexibility index (Phi) is 5.63. The van der Waals surface area contributed by atoms with Crippen LogP contribution in [0.1, 0.15) is 21.5 Å². The molecule has 4 heteroatoms. The fourth-order valence-electron chi connectivity index (χ4n) is 3.10. The Hall–Kier alpha value is -3.92. The molecule has 0 radical (unpaired) electrons. The quantitative estimate of drug-likeness (QED) is 0.370. The Morgan fingerprint density at radius 2 is 1.55 bits per heavy atom. The van der Waals surface area contributed by atoms with E-state index in [9.17, 15) is 4.79 Å². The number of para-hydroxylation sites is 1. The summed E-state index contributed by atoms with van der Waals surface area (Å²) in [7, 11) is 0. The predicted molar refractivity (Wildman–Crippen MR) is 116 cm³/mol. The number of ether oxygens (including phenoxy) is 1. The first-order chi connectivity index (χ1) is 14.3. The van der Waals surface area contributed by atoms with Gasteiger partial charge in [0.2, 0.25) is 0 Å². The number of carbonyl (C=O) groups excluding carboxylic acids is 1. The molecule has 4 rings (SSSR count). The van der Waals surface area contributed by atoms with E-state index in [1.54, 1.807) is 24.4 Å². The summed E-state index contributed by atoms with van der Waals surface area (Å²) < 4.78 is 5.85. The molecule has 1 amide bonds. The summed E-state index contributed by atoms with van der Waals surface area (Å²) in [5, 5.41) is 6.36. The molecule has 0 fully saturated rings. The van der Waals surface area contributed by atoms with Crippen molar-refractivity contribution in [1.82, 2.24) is 5.43 Å². The summed E-state index contributed by atoms with van der Waals surface area (Å²) in [6.07, 6.45) is 1.66. The monoisotopic (exact) mass is 380 g/mol. The first-order valence-electron chi connectivity index (χ1n) is 9.38. The van der Waals surface area contributed by atoms with Crippen LogP contribution in [-0.2, 0) is 6.61 Å². The van der Waals surface area contributed by atoms with Gasteiger partial charge in [-0.05, 0) is 28.5 Å². The highest BCUT2D eigenvalue weighted by molar-refractivity contribution is 6.01. The van der Waals surface area contributed by atoms with Gasteiger partial charge in [0.05, 0.1) is 11.8 Å². The first-order valence-corrected chi connectivity index (χ1v) is 9.38. The summed E-state index contributed by atoms with van der Waals surface area (Å²) in [4.78, 5) is 12.6. The zero-order chi connectivity index (χ0) is 19.9. The van der Waals surface area contributed by atoms with Crippen molar-refractivity contribution in [3.8, 4) is 5.75 Å². The van der Waals surface area contributed by atoms with Crippen molar-refractivity contribution in [2.45, 2.75) is 6.61 Å². The Labute approximate surface area is 169 Å². The van der Waals surface area contributed by atoms with E-state index in [4.69, 9.17) is 4.74 Å². The van der Waals surface area contributed by atoms with Crippen LogP contribution in [0.2, 0.25) is 0 Å². The number of carbonyl (C=O) groups is 1. The van der Waals surface area contributed by atoms with Gasteiger partial charge < -0.3 is 4.74 Å². The van der Waals surface area contributed by atoms with Gasteiger partial charge in [-0.25, -0.2) is 5.43 Å². The number of hydrazone groups is 1. The molecule has 0 saturated heterocycles. The van der Waals surface area contributed by atoms with E-state index < -0.39 is 0 Å². The van der Waals surface area contributed by atoms with Crippen LogP contribution in [0.3, 0.4) is 0 Å². The van der Waals surface area contributed by atoms with Gasteiger partial charge in [-0.3, -0.25) is 4.79 Å². The minimum atomic E-state index is -0.315. The largest absolute Gasteiger partial charge is 0.488 e. The number of benzene rings is 4. The van der Waals surface area contributed by atoms with Crippen LogP contribution in [-0.4, -0.2) is 12.1 Å². The van der Waals surface area contributed by atoms with Crippen molar-refractivity contribution < 1.29 is 9.53 Å². The average Bonchev–Trinajstić information content (AvgIpc) is 2.78. The molecule has 0 aliphatic heterocycles. The highest BCUT2D eigenvalue weighted by Gasteiger charge is 2.11. The molecular weight excluding hydrogens is 360 g/mol. The third-order valence-electron chi connectivity index (χ3n) is 4.56. The van der Waals surface area contributed by atoms with E-state index in [1.165, 1.54) is 0 Å². The van der Waals surface area contributed by atoms with Crippen molar-refractivity contribution in [3.63, 3.8) is 0 Å². The van der Waals surface area contributed by atoms with Crippen LogP contribution in [0, 0.1) is 0 Å². The molecule has 1 N–H and O–H groups in total. The fourth-order valence-corrected chi connectivity index (χ4v) is 3.10. The molecule has 0 aliphatic carbocycles. The standard InChI is InChI=1S/C25H20N2O2/c28-25(27-26-17-21-13-8-12-20-11-4-5-14-22(20)21)23-15-6-7-16-24(23)29-18-19-9-2-1-3-10-19/h1-17H,18H2,(H,27,28)/b26-17+. The molecule has 4 aromatic carbocycles. The summed E-state index contributed by atoms with van der Waals surface area (Å²) in [5.74, 6) is 0.208. The second-order valence-corrected chi connectivity index (χ2v) is 6.54. The molecule has 0 unspecified atom stereocenters. The third-order valence-corrected chi connectivity index (χ3v) is 4.56. The van der Waals surface area contributed by atoms with Crippen molar-refractivity contribution in [1.29, 1.82) is 0 Å². The minimum absolute atomic E-state index is 0.315. The molecule has 0 bridgehead atoms. The van der Waals surface area contributed by atoms with Crippen molar-refractivity contribution >= 4 is 22.9 Å². The van der Waals surface area contributed by atoms with Crippen LogP contribution >= 0.6 is 0 Å². The fraction of sp³-hybridized carbons (Fsp3) is 0.0400. The maximum atomic E-state index is 12.6. The topological polar surface area (TPSA) is 50.7 Å². The average molecular weight is 380 g/mol. The summed E-state index contributed by atoms with van der Waals surface area (Å²) in [5.41, 5.74) is 5.02. The van der Waals surface area contributed by atoms with Gasteiger partial charge in [0.15, 0.2) is 0 Å². The second-order valence-electron chi connectivity index (χ2n) is 6.54. The van der Waals surface area contributed by atoms with Gasteiger partial charge in [0, 0.05) is 5.56 Å². The van der Waals surface area contributed by atoms with Gasteiger partial charge in [-0.2, -0.15) is 5.10 Å². The van der Waals surface area contributed by atoms with E-state index in [0.29, 0.717) is 17.9 Å². The molecule has 0 aromatic heterocycles. The van der Waals surface area contributed by atoms with Crippen LogP contribution in [0.15, 0.2) is 102 Å². The third kappa shape index (κ3) is 4.50. The molecule has 4 aromatic rings. The lowest BCUT2D eigenvalue weighted by molar-refractivity contribution is 0.0950. The first kappa shape index (κ1) is 18.4. The van der Waals surface area contributed by atoms with Crippen molar-refractivity contribution in [2.75, 3.05) is 0 Å². The minimum Gasteiger partial charge on any atom is -0.488 e. The summed E-state index contributed by atoms with van der Waals surface area (Å²) in [6.45, 7) is 0.393. The normalized spacial score (nSPS) is 10.9. The van der Waals surface area contributed by atoms with E-state index in [0.717, 1.165) is 21.9 Å². The molecular formula is C25H20N2O2. The van der Waals surface area contributed by atoms with E-state index >= 15 is 0 Å². The maximum absolute atomic E-state index is 12.6. The lowest BCUT2D eigenvalue weighted by atomic mass is 10.1. The number of hydrogen-bond donors (Lipinski definition) is 1. The molecule has 4 nitrogen and oxygen atoms in total. The lowest BCUT2D eigenvalue weighted by Crippen LogP contribution is -2.18. The number of nitrogens with zero attached hydrogens (tertiary/aromatic N) is 1. The zero-order valence-corrected chi connectivity index (χ0v) is 15.8. The van der Waals surface area contributed by atoms with Crippen LogP contribution in [0.4, 0.5) is 0 Å². The SMILES string of the molecule is O=C(N/N=C/c1cccc2ccccc12)c1ccccc1OCc1ccccc1. The van der Waals surface area contributed by atoms with E-state index in [-0.39, 0.29) is 5.91 Å². The van der Waals surface area contributed by atoms with Gasteiger partial charge in [-0.15, -0.1) is 0 Å². The molecule has 0 atom stereocenters. The number of amides is 1. The molecule has 0 spiro atoms. The second kappa shape index (κ2) is 8.85. The Bertz CT molecular complexity index is 1150. The zero-order valence-electron chi connectivity index (χ0n) is 15.8. The van der Waals surface area contributed by atoms with Crippen LogP contribution in [0.5, 0.6) is 5.75 Å². The number of hydrogen-bond acceptors (Lipinski definition) is 3.